The fraction of sp³-hybridized carbons (Fsp3) is 0.529. The van der Waals surface area contributed by atoms with Crippen LogP contribution in [0.1, 0.15) is 37.3 Å². The molecule has 1 aromatic heterocycles. The van der Waals surface area contributed by atoms with Crippen molar-refractivity contribution in [2.75, 3.05) is 25.3 Å². The molecular weight excluding hydrogens is 354 g/mol. The fourth-order valence-electron chi connectivity index (χ4n) is 3.09. The van der Waals surface area contributed by atoms with Gasteiger partial charge in [0.25, 0.3) is 0 Å². The van der Waals surface area contributed by atoms with Gasteiger partial charge in [-0.3, -0.25) is 4.79 Å². The van der Waals surface area contributed by atoms with E-state index < -0.39 is 0 Å². The molecule has 0 atom stereocenters. The highest BCUT2D eigenvalue weighted by Crippen LogP contribution is 2.33. The zero-order chi connectivity index (χ0) is 18.5. The number of carbonyl (C=O) groups excluding carboxylic acids is 1. The first kappa shape index (κ1) is 18.5. The van der Waals surface area contributed by atoms with Gasteiger partial charge in [-0.1, -0.05) is 24.6 Å². The Hall–Kier alpha value is -2.29. The number of benzene rings is 1. The van der Waals surface area contributed by atoms with Crippen molar-refractivity contribution in [2.45, 2.75) is 43.8 Å². The molecular formula is C17H23N5O3S. The molecule has 1 aromatic carbocycles. The molecule has 0 saturated heterocycles. The molecule has 1 N–H and O–H groups in total. The van der Waals surface area contributed by atoms with Crippen molar-refractivity contribution in [3.8, 4) is 11.5 Å². The molecule has 1 amide bonds. The van der Waals surface area contributed by atoms with Crippen molar-refractivity contribution in [3.05, 3.63) is 17.7 Å². The monoisotopic (exact) mass is 377 g/mol. The van der Waals surface area contributed by atoms with Gasteiger partial charge in [-0.25, -0.2) is 4.68 Å². The minimum Gasteiger partial charge on any atom is -0.493 e. The normalized spacial score (nSPS) is 14.4. The summed E-state index contributed by atoms with van der Waals surface area (Å²) in [5, 5.41) is 15.5. The molecule has 0 spiro atoms. The summed E-state index contributed by atoms with van der Waals surface area (Å²) in [6.07, 6.45) is 4.59. The number of anilines is 1. The molecule has 1 saturated carbocycles. The fourth-order valence-corrected chi connectivity index (χ4v) is 3.83. The summed E-state index contributed by atoms with van der Waals surface area (Å²) in [6, 6.07) is 3.95. The molecule has 26 heavy (non-hydrogen) atoms. The van der Waals surface area contributed by atoms with Gasteiger partial charge in [0.15, 0.2) is 11.5 Å². The lowest BCUT2D eigenvalue weighted by Gasteiger charge is -2.14. The molecule has 1 aliphatic rings. The number of nitrogens with one attached hydrogen (secondary N) is 1. The number of hydrogen-bond donors (Lipinski definition) is 1. The molecule has 8 nitrogen and oxygen atoms in total. The van der Waals surface area contributed by atoms with Crippen LogP contribution in [0, 0.1) is 6.92 Å². The summed E-state index contributed by atoms with van der Waals surface area (Å²) in [6.45, 7) is 1.91. The maximum Gasteiger partial charge on any atom is 0.234 e. The topological polar surface area (TPSA) is 91.2 Å². The number of ether oxygens (including phenoxy) is 2. The van der Waals surface area contributed by atoms with Crippen molar-refractivity contribution in [2.24, 2.45) is 0 Å². The Bertz CT molecular complexity index is 774. The van der Waals surface area contributed by atoms with Crippen molar-refractivity contribution in [3.63, 3.8) is 0 Å². The zero-order valence-corrected chi connectivity index (χ0v) is 16.0. The van der Waals surface area contributed by atoms with Crippen LogP contribution in [0.15, 0.2) is 17.3 Å². The van der Waals surface area contributed by atoms with Gasteiger partial charge in [-0.2, -0.15) is 0 Å². The van der Waals surface area contributed by atoms with Gasteiger partial charge in [-0.15, -0.1) is 5.10 Å². The summed E-state index contributed by atoms with van der Waals surface area (Å²) in [5.41, 5.74) is 1.60. The van der Waals surface area contributed by atoms with E-state index in [1.807, 2.05) is 17.7 Å². The van der Waals surface area contributed by atoms with Crippen LogP contribution in [0.4, 0.5) is 5.69 Å². The molecule has 9 heteroatoms. The van der Waals surface area contributed by atoms with Crippen LogP contribution in [-0.4, -0.2) is 46.1 Å². The van der Waals surface area contributed by atoms with Crippen molar-refractivity contribution in [1.29, 1.82) is 0 Å². The minimum absolute atomic E-state index is 0.119. The standard InChI is InChI=1S/C17H23N5O3S/c1-11-8-14(24-2)15(25-3)9-13(11)18-16(23)10-26-17-19-20-21-22(17)12-6-4-5-7-12/h8-9,12H,4-7,10H2,1-3H3,(H,18,23). The summed E-state index contributed by atoms with van der Waals surface area (Å²) >= 11 is 1.35. The number of carbonyl (C=O) groups is 1. The van der Waals surface area contributed by atoms with E-state index in [0.717, 1.165) is 18.4 Å². The Morgan fingerprint density at radius 3 is 2.65 bits per heavy atom. The first-order valence-electron chi connectivity index (χ1n) is 8.55. The average Bonchev–Trinajstić information content (AvgIpc) is 3.32. The van der Waals surface area contributed by atoms with Gasteiger partial charge in [0.1, 0.15) is 0 Å². The number of hydrogen-bond acceptors (Lipinski definition) is 7. The van der Waals surface area contributed by atoms with Crippen LogP contribution in [-0.2, 0) is 4.79 Å². The lowest BCUT2D eigenvalue weighted by Crippen LogP contribution is -2.16. The molecule has 1 fully saturated rings. The van der Waals surface area contributed by atoms with Crippen LogP contribution < -0.4 is 14.8 Å². The number of aromatic nitrogens is 4. The summed E-state index contributed by atoms with van der Waals surface area (Å²) in [4.78, 5) is 12.4. The van der Waals surface area contributed by atoms with Gasteiger partial charge in [0.05, 0.1) is 26.0 Å². The van der Waals surface area contributed by atoms with E-state index in [0.29, 0.717) is 28.4 Å². The second kappa shape index (κ2) is 8.39. The van der Waals surface area contributed by atoms with Crippen molar-refractivity contribution < 1.29 is 14.3 Å². The third kappa shape index (κ3) is 4.09. The van der Waals surface area contributed by atoms with Gasteiger partial charge in [0, 0.05) is 11.8 Å². The number of nitrogens with zero attached hydrogens (tertiary/aromatic N) is 4. The SMILES string of the molecule is COc1cc(C)c(NC(=O)CSc2nnnn2C2CCCC2)cc1OC. The number of aryl methyl sites for hydroxylation is 1. The molecule has 2 aromatic rings. The zero-order valence-electron chi connectivity index (χ0n) is 15.2. The molecule has 3 rings (SSSR count). The molecule has 0 aliphatic heterocycles. The number of thioether (sulfide) groups is 1. The van der Waals surface area contributed by atoms with Gasteiger partial charge < -0.3 is 14.8 Å². The van der Waals surface area contributed by atoms with E-state index in [9.17, 15) is 4.79 Å². The predicted octanol–water partition coefficient (Wildman–Crippen LogP) is 2.84. The van der Waals surface area contributed by atoms with E-state index in [-0.39, 0.29) is 11.7 Å². The molecule has 1 aliphatic carbocycles. The predicted molar refractivity (Wildman–Crippen MR) is 99.0 cm³/mol. The average molecular weight is 377 g/mol. The minimum atomic E-state index is -0.119. The van der Waals surface area contributed by atoms with E-state index in [2.05, 4.69) is 20.8 Å². The molecule has 140 valence electrons. The maximum atomic E-state index is 12.4. The highest BCUT2D eigenvalue weighted by atomic mass is 32.2. The second-order valence-electron chi connectivity index (χ2n) is 6.20. The molecule has 1 heterocycles. The van der Waals surface area contributed by atoms with Crippen LogP contribution in [0.5, 0.6) is 11.5 Å². The summed E-state index contributed by atoms with van der Waals surface area (Å²) < 4.78 is 12.4. The van der Waals surface area contributed by atoms with Gasteiger partial charge >= 0.3 is 0 Å². The Labute approximate surface area is 156 Å². The third-order valence-electron chi connectivity index (χ3n) is 4.47. The summed E-state index contributed by atoms with van der Waals surface area (Å²) in [7, 11) is 3.15. The lowest BCUT2D eigenvalue weighted by atomic mass is 10.1. The van der Waals surface area contributed by atoms with Crippen LogP contribution in [0.2, 0.25) is 0 Å². The largest absolute Gasteiger partial charge is 0.493 e. The van der Waals surface area contributed by atoms with Crippen LogP contribution >= 0.6 is 11.8 Å². The lowest BCUT2D eigenvalue weighted by molar-refractivity contribution is -0.113. The Morgan fingerprint density at radius 1 is 1.27 bits per heavy atom. The van der Waals surface area contributed by atoms with E-state index in [1.54, 1.807) is 20.3 Å². The number of rotatable bonds is 7. The highest BCUT2D eigenvalue weighted by molar-refractivity contribution is 7.99. The number of tetrazole rings is 1. The highest BCUT2D eigenvalue weighted by Gasteiger charge is 2.22. The van der Waals surface area contributed by atoms with Crippen LogP contribution in [0.3, 0.4) is 0 Å². The number of methoxy groups -OCH3 is 2. The van der Waals surface area contributed by atoms with Gasteiger partial charge in [-0.05, 0) is 41.8 Å². The Morgan fingerprint density at radius 2 is 1.96 bits per heavy atom. The molecule has 0 radical (unpaired) electrons. The number of amides is 1. The first-order valence-corrected chi connectivity index (χ1v) is 9.54. The van der Waals surface area contributed by atoms with Crippen LogP contribution in [0.25, 0.3) is 0 Å². The summed E-state index contributed by atoms with van der Waals surface area (Å²) in [5.74, 6) is 1.33. The smallest absolute Gasteiger partial charge is 0.234 e. The third-order valence-corrected chi connectivity index (χ3v) is 5.40. The van der Waals surface area contributed by atoms with E-state index in [4.69, 9.17) is 9.47 Å². The molecule has 0 unspecified atom stereocenters. The Balaban J connectivity index is 1.62. The maximum absolute atomic E-state index is 12.4. The van der Waals surface area contributed by atoms with Crippen molar-refractivity contribution in [1.82, 2.24) is 20.2 Å². The van der Waals surface area contributed by atoms with Gasteiger partial charge in [0.2, 0.25) is 11.1 Å². The second-order valence-corrected chi connectivity index (χ2v) is 7.15. The molecule has 0 bridgehead atoms. The van der Waals surface area contributed by atoms with Crippen molar-refractivity contribution >= 4 is 23.4 Å². The van der Waals surface area contributed by atoms with E-state index >= 15 is 0 Å². The Kier molecular flexibility index (Phi) is 5.97. The first-order chi connectivity index (χ1) is 12.6. The van der Waals surface area contributed by atoms with E-state index in [1.165, 1.54) is 24.6 Å². The quantitative estimate of drug-likeness (QED) is 0.742.